The molecule has 0 radical (unpaired) electrons. The highest BCUT2D eigenvalue weighted by molar-refractivity contribution is 6.19. The van der Waals surface area contributed by atoms with Crippen LogP contribution in [0.1, 0.15) is 13.3 Å². The molecule has 1 rings (SSSR count). The standard InChI is InChI=1S/C7H10ClN/c1-6-5-9-3-2-7(6)4-8/h3H,2,4-5H2,1H3. The Labute approximate surface area is 60.4 Å². The second-order valence-electron chi connectivity index (χ2n) is 2.24. The lowest BCUT2D eigenvalue weighted by Crippen LogP contribution is -2.00. The third kappa shape index (κ3) is 1.55. The molecule has 0 fully saturated rings. The molecule has 0 aromatic heterocycles. The number of dihydropyridines is 1. The molecule has 1 aliphatic rings. The Kier molecular flexibility index (Phi) is 2.29. The molecule has 1 nitrogen and oxygen atoms in total. The summed E-state index contributed by atoms with van der Waals surface area (Å²) in [6, 6.07) is 0. The van der Waals surface area contributed by atoms with Crippen molar-refractivity contribution in [1.29, 1.82) is 0 Å². The summed E-state index contributed by atoms with van der Waals surface area (Å²) in [7, 11) is 0. The maximum absolute atomic E-state index is 5.66. The maximum atomic E-state index is 5.66. The molecule has 0 bridgehead atoms. The zero-order valence-corrected chi connectivity index (χ0v) is 6.28. The van der Waals surface area contributed by atoms with Crippen molar-refractivity contribution >= 4 is 17.8 Å². The van der Waals surface area contributed by atoms with E-state index in [1.165, 1.54) is 11.1 Å². The summed E-state index contributed by atoms with van der Waals surface area (Å²) in [4.78, 5) is 4.11. The number of halogens is 1. The van der Waals surface area contributed by atoms with Gasteiger partial charge in [-0.1, -0.05) is 5.57 Å². The van der Waals surface area contributed by atoms with Crippen LogP contribution in [0.3, 0.4) is 0 Å². The van der Waals surface area contributed by atoms with Crippen LogP contribution < -0.4 is 0 Å². The highest BCUT2D eigenvalue weighted by atomic mass is 35.5. The lowest BCUT2D eigenvalue weighted by molar-refractivity contribution is 1.03. The van der Waals surface area contributed by atoms with Gasteiger partial charge in [0.25, 0.3) is 0 Å². The van der Waals surface area contributed by atoms with Gasteiger partial charge >= 0.3 is 0 Å². The van der Waals surface area contributed by atoms with Crippen LogP contribution >= 0.6 is 11.6 Å². The molecule has 0 atom stereocenters. The fourth-order valence-electron chi connectivity index (χ4n) is 0.831. The number of aliphatic imine (C=N–C) groups is 1. The van der Waals surface area contributed by atoms with Crippen molar-refractivity contribution in [3.63, 3.8) is 0 Å². The number of alkyl halides is 1. The fraction of sp³-hybridized carbons (Fsp3) is 0.571. The number of hydrogen-bond donors (Lipinski definition) is 0. The number of allylic oxidation sites excluding steroid dienone is 1. The molecule has 0 saturated heterocycles. The van der Waals surface area contributed by atoms with Crippen LogP contribution in [0, 0.1) is 0 Å². The number of nitrogens with zero attached hydrogens (tertiary/aromatic N) is 1. The van der Waals surface area contributed by atoms with E-state index in [2.05, 4.69) is 11.9 Å². The second kappa shape index (κ2) is 3.02. The molecule has 0 spiro atoms. The van der Waals surface area contributed by atoms with Gasteiger partial charge in [0.15, 0.2) is 0 Å². The Bertz CT molecular complexity index is 158. The van der Waals surface area contributed by atoms with Gasteiger partial charge in [0.05, 0.1) is 6.54 Å². The Morgan fingerprint density at radius 1 is 1.78 bits per heavy atom. The van der Waals surface area contributed by atoms with Gasteiger partial charge in [0, 0.05) is 18.5 Å². The van der Waals surface area contributed by atoms with E-state index in [1.54, 1.807) is 0 Å². The van der Waals surface area contributed by atoms with Gasteiger partial charge in [0.2, 0.25) is 0 Å². The topological polar surface area (TPSA) is 12.4 Å². The summed E-state index contributed by atoms with van der Waals surface area (Å²) in [5, 5.41) is 0. The molecule has 0 aromatic carbocycles. The number of rotatable bonds is 1. The van der Waals surface area contributed by atoms with Crippen molar-refractivity contribution in [2.75, 3.05) is 12.4 Å². The molecule has 0 unspecified atom stereocenters. The summed E-state index contributed by atoms with van der Waals surface area (Å²) in [6.45, 7) is 2.94. The molecular formula is C7H10ClN. The van der Waals surface area contributed by atoms with Crippen molar-refractivity contribution < 1.29 is 0 Å². The molecule has 1 aliphatic heterocycles. The smallest absolute Gasteiger partial charge is 0.0596 e. The van der Waals surface area contributed by atoms with Crippen molar-refractivity contribution in [2.45, 2.75) is 13.3 Å². The van der Waals surface area contributed by atoms with Gasteiger partial charge in [-0.25, -0.2) is 0 Å². The largest absolute Gasteiger partial charge is 0.293 e. The molecule has 0 saturated carbocycles. The third-order valence-electron chi connectivity index (χ3n) is 1.56. The zero-order chi connectivity index (χ0) is 6.69. The van der Waals surface area contributed by atoms with Crippen molar-refractivity contribution in [1.82, 2.24) is 0 Å². The first kappa shape index (κ1) is 6.81. The van der Waals surface area contributed by atoms with Crippen LogP contribution in [-0.2, 0) is 0 Å². The average molecular weight is 144 g/mol. The van der Waals surface area contributed by atoms with Gasteiger partial charge in [-0.15, -0.1) is 11.6 Å². The molecule has 9 heavy (non-hydrogen) atoms. The summed E-state index contributed by atoms with van der Waals surface area (Å²) in [5.74, 6) is 0.665. The van der Waals surface area contributed by atoms with E-state index in [4.69, 9.17) is 11.6 Å². The number of hydrogen-bond acceptors (Lipinski definition) is 1. The van der Waals surface area contributed by atoms with E-state index in [0.29, 0.717) is 5.88 Å². The van der Waals surface area contributed by atoms with E-state index in [1.807, 2.05) is 6.21 Å². The van der Waals surface area contributed by atoms with Crippen LogP contribution in [0.4, 0.5) is 0 Å². The summed E-state index contributed by atoms with van der Waals surface area (Å²) in [6.07, 6.45) is 2.89. The molecule has 0 aliphatic carbocycles. The molecule has 50 valence electrons. The van der Waals surface area contributed by atoms with Crippen LogP contribution in [0.25, 0.3) is 0 Å². The highest BCUT2D eigenvalue weighted by Gasteiger charge is 2.02. The van der Waals surface area contributed by atoms with Gasteiger partial charge in [0.1, 0.15) is 0 Å². The summed E-state index contributed by atoms with van der Waals surface area (Å²) < 4.78 is 0. The molecule has 0 N–H and O–H groups in total. The molecule has 1 heterocycles. The van der Waals surface area contributed by atoms with Gasteiger partial charge in [-0.05, 0) is 12.5 Å². The molecule has 0 amide bonds. The Morgan fingerprint density at radius 3 is 3.00 bits per heavy atom. The Morgan fingerprint density at radius 2 is 2.56 bits per heavy atom. The molecular weight excluding hydrogens is 134 g/mol. The second-order valence-corrected chi connectivity index (χ2v) is 2.51. The quantitative estimate of drug-likeness (QED) is 0.394. The van der Waals surface area contributed by atoms with Crippen molar-refractivity contribution in [2.24, 2.45) is 4.99 Å². The summed E-state index contributed by atoms with van der Waals surface area (Å²) in [5.41, 5.74) is 2.68. The fourth-order valence-corrected chi connectivity index (χ4v) is 1.17. The van der Waals surface area contributed by atoms with Gasteiger partial charge in [-0.2, -0.15) is 0 Å². The minimum atomic E-state index is 0.665. The van der Waals surface area contributed by atoms with Crippen molar-refractivity contribution in [3.05, 3.63) is 11.1 Å². The van der Waals surface area contributed by atoms with Crippen molar-refractivity contribution in [3.8, 4) is 0 Å². The molecule has 2 heteroatoms. The first-order valence-electron chi connectivity index (χ1n) is 3.06. The van der Waals surface area contributed by atoms with E-state index in [-0.39, 0.29) is 0 Å². The SMILES string of the molecule is CC1=C(CCl)CC=NC1. The van der Waals surface area contributed by atoms with E-state index < -0.39 is 0 Å². The lowest BCUT2D eigenvalue weighted by atomic mass is 10.1. The minimum Gasteiger partial charge on any atom is -0.293 e. The van der Waals surface area contributed by atoms with E-state index in [9.17, 15) is 0 Å². The minimum absolute atomic E-state index is 0.665. The van der Waals surface area contributed by atoms with Crippen LogP contribution in [0.5, 0.6) is 0 Å². The zero-order valence-electron chi connectivity index (χ0n) is 5.52. The van der Waals surface area contributed by atoms with Crippen LogP contribution in [-0.4, -0.2) is 18.6 Å². The van der Waals surface area contributed by atoms with Gasteiger partial charge in [-0.3, -0.25) is 4.99 Å². The van der Waals surface area contributed by atoms with Crippen LogP contribution in [0.15, 0.2) is 16.1 Å². The third-order valence-corrected chi connectivity index (χ3v) is 1.88. The van der Waals surface area contributed by atoms with Crippen LogP contribution in [0.2, 0.25) is 0 Å². The normalized spacial score (nSPS) is 18.9. The predicted molar refractivity (Wildman–Crippen MR) is 41.4 cm³/mol. The molecule has 0 aromatic rings. The highest BCUT2D eigenvalue weighted by Crippen LogP contribution is 2.12. The Hall–Kier alpha value is -0.300. The van der Waals surface area contributed by atoms with E-state index in [0.717, 1.165) is 13.0 Å². The van der Waals surface area contributed by atoms with E-state index >= 15 is 0 Å². The first-order valence-corrected chi connectivity index (χ1v) is 3.60. The monoisotopic (exact) mass is 143 g/mol. The average Bonchev–Trinajstić information content (AvgIpc) is 1.89. The lowest BCUT2D eigenvalue weighted by Gasteiger charge is -2.08. The maximum Gasteiger partial charge on any atom is 0.0596 e. The predicted octanol–water partition coefficient (Wildman–Crippen LogP) is 2.02. The Balaban J connectivity index is 2.64. The first-order chi connectivity index (χ1) is 4.34. The van der Waals surface area contributed by atoms with Gasteiger partial charge < -0.3 is 0 Å². The summed E-state index contributed by atoms with van der Waals surface area (Å²) >= 11 is 5.66.